The first-order chi connectivity index (χ1) is 23.3. The first kappa shape index (κ1) is 29.3. The summed E-state index contributed by atoms with van der Waals surface area (Å²) in [6.07, 6.45) is 0. The smallest absolute Gasteiger partial charge is 0.150 e. The minimum Gasteiger partial charge on any atom is -0.464 e. The van der Waals surface area contributed by atoms with Gasteiger partial charge in [0.05, 0.1) is 0 Å². The van der Waals surface area contributed by atoms with Crippen LogP contribution in [-0.2, 0) is 0 Å². The average molecular weight is 639 g/mol. The highest BCUT2D eigenvalue weighted by Gasteiger charge is 2.27. The van der Waals surface area contributed by atoms with E-state index in [0.717, 1.165) is 11.3 Å². The molecule has 0 saturated carbocycles. The van der Waals surface area contributed by atoms with E-state index in [4.69, 9.17) is 4.52 Å². The largest absolute Gasteiger partial charge is 0.464 e. The lowest BCUT2D eigenvalue weighted by Gasteiger charge is -2.27. The van der Waals surface area contributed by atoms with E-state index in [2.05, 4.69) is 194 Å². The van der Waals surface area contributed by atoms with Gasteiger partial charge in [0, 0.05) is 21.7 Å². The molecule has 0 atom stereocenters. The monoisotopic (exact) mass is 638 g/mol. The lowest BCUT2D eigenvalue weighted by Crippen LogP contribution is -2.22. The van der Waals surface area contributed by atoms with Gasteiger partial charge in [0.2, 0.25) is 0 Å². The maximum atomic E-state index is 7.35. The van der Waals surface area contributed by atoms with Gasteiger partial charge in [0.1, 0.15) is 5.75 Å². The minimum absolute atomic E-state index is 0.890. The maximum absolute atomic E-state index is 7.35. The Kier molecular flexibility index (Phi) is 8.34. The van der Waals surface area contributed by atoms with Gasteiger partial charge < -0.3 is 4.52 Å². The normalized spacial score (nSPS) is 11.4. The van der Waals surface area contributed by atoms with Gasteiger partial charge in [0.25, 0.3) is 0 Å². The van der Waals surface area contributed by atoms with Gasteiger partial charge >= 0.3 is 0 Å². The molecule has 224 valence electrons. The molecule has 0 radical (unpaired) electrons. The van der Waals surface area contributed by atoms with Crippen LogP contribution in [0.15, 0.2) is 194 Å². The molecule has 0 aliphatic carbocycles. The van der Waals surface area contributed by atoms with Crippen molar-refractivity contribution in [3.05, 3.63) is 194 Å². The van der Waals surface area contributed by atoms with Gasteiger partial charge in [-0.15, -0.1) is 0 Å². The van der Waals surface area contributed by atoms with Crippen LogP contribution in [-0.4, -0.2) is 0 Å². The molecular weight excluding hydrogens is 606 g/mol. The summed E-state index contributed by atoms with van der Waals surface area (Å²) in [6, 6.07) is 69.9. The third-order valence-corrected chi connectivity index (χ3v) is 12.9. The lowest BCUT2D eigenvalue weighted by atomic mass is 9.93. The topological polar surface area (TPSA) is 9.23 Å². The molecule has 8 rings (SSSR count). The van der Waals surface area contributed by atoms with Crippen molar-refractivity contribution in [2.45, 2.75) is 0 Å². The Morgan fingerprint density at radius 2 is 0.723 bits per heavy atom. The Labute approximate surface area is 278 Å². The van der Waals surface area contributed by atoms with Gasteiger partial charge in [-0.25, -0.2) is 0 Å². The van der Waals surface area contributed by atoms with Crippen molar-refractivity contribution >= 4 is 64.1 Å². The van der Waals surface area contributed by atoms with Gasteiger partial charge in [-0.1, -0.05) is 188 Å². The molecular formula is C44H32OP2. The second-order valence-electron chi connectivity index (χ2n) is 11.4. The van der Waals surface area contributed by atoms with E-state index in [-0.39, 0.29) is 0 Å². The van der Waals surface area contributed by atoms with E-state index in [1.54, 1.807) is 0 Å². The van der Waals surface area contributed by atoms with E-state index in [1.807, 2.05) is 0 Å². The Bertz CT molecular complexity index is 2190. The fraction of sp³-hybridized carbons (Fsp3) is 0. The Morgan fingerprint density at radius 3 is 1.23 bits per heavy atom. The number of fused-ring (bicyclic) bond motifs is 2. The Hall–Kier alpha value is -5.06. The molecule has 0 heterocycles. The van der Waals surface area contributed by atoms with Crippen LogP contribution in [0.5, 0.6) is 5.75 Å². The predicted octanol–water partition coefficient (Wildman–Crippen LogP) is 9.84. The lowest BCUT2D eigenvalue weighted by molar-refractivity contribution is 0.633. The summed E-state index contributed by atoms with van der Waals surface area (Å²) >= 11 is 0. The molecule has 3 heteroatoms. The molecule has 0 bridgehead atoms. The second kappa shape index (κ2) is 13.4. The molecule has 0 fully saturated rings. The van der Waals surface area contributed by atoms with Crippen LogP contribution < -0.4 is 31.0 Å². The summed E-state index contributed by atoms with van der Waals surface area (Å²) < 4.78 is 7.35. The third kappa shape index (κ3) is 5.86. The van der Waals surface area contributed by atoms with Crippen LogP contribution in [0, 0.1) is 0 Å². The maximum Gasteiger partial charge on any atom is 0.150 e. The third-order valence-electron chi connectivity index (χ3n) is 8.49. The molecule has 0 saturated heterocycles. The first-order valence-corrected chi connectivity index (χ1v) is 18.5. The number of benzene rings is 8. The van der Waals surface area contributed by atoms with E-state index < -0.39 is 16.1 Å². The van der Waals surface area contributed by atoms with Crippen molar-refractivity contribution < 1.29 is 4.52 Å². The summed E-state index contributed by atoms with van der Waals surface area (Å²) in [4.78, 5) is 0. The van der Waals surface area contributed by atoms with E-state index in [1.165, 1.54) is 53.6 Å². The zero-order valence-corrected chi connectivity index (χ0v) is 27.6. The Balaban J connectivity index is 1.44. The molecule has 8 aromatic rings. The predicted molar refractivity (Wildman–Crippen MR) is 205 cm³/mol. The summed E-state index contributed by atoms with van der Waals surface area (Å²) in [5, 5.41) is 11.2. The highest BCUT2D eigenvalue weighted by atomic mass is 31.1. The van der Waals surface area contributed by atoms with Crippen molar-refractivity contribution in [2.24, 2.45) is 0 Å². The van der Waals surface area contributed by atoms with E-state index >= 15 is 0 Å². The number of hydrogen-bond acceptors (Lipinski definition) is 1. The van der Waals surface area contributed by atoms with Gasteiger partial charge in [-0.05, 0) is 51.4 Å². The average Bonchev–Trinajstić information content (AvgIpc) is 3.15. The van der Waals surface area contributed by atoms with Crippen LogP contribution in [0.4, 0.5) is 0 Å². The van der Waals surface area contributed by atoms with Gasteiger partial charge in [0.15, 0.2) is 8.15 Å². The minimum atomic E-state index is -1.14. The van der Waals surface area contributed by atoms with E-state index in [0.29, 0.717) is 0 Å². The van der Waals surface area contributed by atoms with Crippen molar-refractivity contribution in [3.63, 3.8) is 0 Å². The molecule has 0 N–H and O–H groups in total. The van der Waals surface area contributed by atoms with Crippen LogP contribution in [0.25, 0.3) is 32.7 Å². The van der Waals surface area contributed by atoms with Crippen LogP contribution in [0.1, 0.15) is 0 Å². The molecule has 0 amide bonds. The molecule has 1 nitrogen and oxygen atoms in total. The number of rotatable bonds is 8. The van der Waals surface area contributed by atoms with Gasteiger partial charge in [-0.3, -0.25) is 0 Å². The van der Waals surface area contributed by atoms with E-state index in [9.17, 15) is 0 Å². The quantitative estimate of drug-likeness (QED) is 0.151. The summed E-state index contributed by atoms with van der Waals surface area (Å²) in [5.74, 6) is 0.899. The van der Waals surface area contributed by atoms with Crippen molar-refractivity contribution in [1.82, 2.24) is 0 Å². The highest BCUT2D eigenvalue weighted by Crippen LogP contribution is 2.48. The Morgan fingerprint density at radius 1 is 0.319 bits per heavy atom. The SMILES string of the molecule is c1ccc(P(Oc2ccc3ccccc3c2-c2c(P(c3ccccc3)c3ccccc3)ccc3ccccc23)c2ccccc2)cc1. The zero-order valence-electron chi connectivity index (χ0n) is 25.8. The van der Waals surface area contributed by atoms with Crippen molar-refractivity contribution in [3.8, 4) is 16.9 Å². The molecule has 8 aromatic carbocycles. The molecule has 47 heavy (non-hydrogen) atoms. The molecule has 0 aromatic heterocycles. The summed E-state index contributed by atoms with van der Waals surface area (Å²) in [6.45, 7) is 0. The van der Waals surface area contributed by atoms with Crippen molar-refractivity contribution in [2.75, 3.05) is 0 Å². The standard InChI is InChI=1S/C44H32OP2/c1-5-19-35(20-6-1)46(36-21-7-2-8-22-36)42-32-30-34-18-14-16-28-40(34)44(42)43-39-27-15-13-17-33(39)29-31-41(43)45-47(37-23-9-3-10-24-37)38-25-11-4-12-26-38/h1-32H. The van der Waals surface area contributed by atoms with Crippen LogP contribution in [0.3, 0.4) is 0 Å². The fourth-order valence-corrected chi connectivity index (χ4v) is 10.6. The molecule has 0 spiro atoms. The summed E-state index contributed by atoms with van der Waals surface area (Å²) in [7, 11) is -2.03. The fourth-order valence-electron chi connectivity index (χ4n) is 6.36. The van der Waals surface area contributed by atoms with Crippen molar-refractivity contribution in [1.29, 1.82) is 0 Å². The highest BCUT2D eigenvalue weighted by molar-refractivity contribution is 7.80. The summed E-state index contributed by atoms with van der Waals surface area (Å²) in [5.41, 5.74) is 2.39. The molecule has 0 unspecified atom stereocenters. The van der Waals surface area contributed by atoms with Gasteiger partial charge in [-0.2, -0.15) is 0 Å². The van der Waals surface area contributed by atoms with Crippen LogP contribution in [0.2, 0.25) is 0 Å². The second-order valence-corrected chi connectivity index (χ2v) is 15.4. The first-order valence-electron chi connectivity index (χ1n) is 15.9. The van der Waals surface area contributed by atoms with Crippen LogP contribution >= 0.6 is 16.1 Å². The molecule has 0 aliphatic heterocycles. The number of hydrogen-bond donors (Lipinski definition) is 0. The molecule has 0 aliphatic rings. The zero-order chi connectivity index (χ0) is 31.4.